The van der Waals surface area contributed by atoms with E-state index in [1.165, 1.54) is 6.07 Å². The molecule has 0 aromatic carbocycles. The van der Waals surface area contributed by atoms with E-state index < -0.39 is 0 Å². The molecule has 0 aliphatic carbocycles. The van der Waals surface area contributed by atoms with Crippen molar-refractivity contribution in [2.45, 2.75) is 18.9 Å². The van der Waals surface area contributed by atoms with E-state index in [1.807, 2.05) is 0 Å². The van der Waals surface area contributed by atoms with Gasteiger partial charge in [0.15, 0.2) is 0 Å². The molecule has 2 aliphatic rings. The molecule has 7 heteroatoms. The van der Waals surface area contributed by atoms with Gasteiger partial charge in [-0.25, -0.2) is 4.98 Å². The molecule has 2 unspecified atom stereocenters. The van der Waals surface area contributed by atoms with E-state index in [2.05, 4.69) is 31.1 Å². The van der Waals surface area contributed by atoms with Crippen LogP contribution in [0.25, 0.3) is 0 Å². The summed E-state index contributed by atoms with van der Waals surface area (Å²) in [5.41, 5.74) is 0.0822. The fraction of sp³-hybridized carbons (Fsp3) is 0.583. The first kappa shape index (κ1) is 12.8. The molecular weight excluding hydrogens is 312 g/mol. The lowest BCUT2D eigenvalue weighted by atomic mass is 9.93. The Kier molecular flexibility index (Phi) is 3.40. The second-order valence-corrected chi connectivity index (χ2v) is 6.01. The second kappa shape index (κ2) is 5.05. The van der Waals surface area contributed by atoms with Crippen molar-refractivity contribution in [2.75, 3.05) is 24.5 Å². The van der Waals surface area contributed by atoms with Crippen LogP contribution in [0, 0.1) is 16.0 Å². The number of hydrogen-bond acceptors (Lipinski definition) is 5. The molecule has 3 heterocycles. The van der Waals surface area contributed by atoms with Crippen molar-refractivity contribution >= 4 is 27.4 Å². The smallest absolute Gasteiger partial charge is 0.312 e. The van der Waals surface area contributed by atoms with Gasteiger partial charge in [-0.05, 0) is 41.2 Å². The molecule has 2 saturated heterocycles. The normalized spacial score (nSPS) is 26.3. The number of nitrogens with zero attached hydrogens (tertiary/aromatic N) is 3. The van der Waals surface area contributed by atoms with Gasteiger partial charge >= 0.3 is 5.69 Å². The van der Waals surface area contributed by atoms with Crippen LogP contribution in [0.15, 0.2) is 16.7 Å². The molecule has 19 heavy (non-hydrogen) atoms. The Labute approximate surface area is 119 Å². The SMILES string of the molecule is O=[N+]([O-])c1cc(Br)cnc1N1CCC2NCCC2C1. The molecule has 1 aromatic heterocycles. The van der Waals surface area contributed by atoms with Gasteiger partial charge in [-0.1, -0.05) is 0 Å². The predicted octanol–water partition coefficient (Wildman–Crippen LogP) is 1.94. The zero-order chi connectivity index (χ0) is 13.4. The van der Waals surface area contributed by atoms with Crippen molar-refractivity contribution in [3.05, 3.63) is 26.9 Å². The molecule has 0 spiro atoms. The first-order valence-electron chi connectivity index (χ1n) is 6.43. The minimum absolute atomic E-state index is 0.0822. The van der Waals surface area contributed by atoms with Gasteiger partial charge in [0.2, 0.25) is 5.82 Å². The molecule has 102 valence electrons. The number of anilines is 1. The zero-order valence-electron chi connectivity index (χ0n) is 10.4. The Morgan fingerprint density at radius 2 is 2.37 bits per heavy atom. The Bertz CT molecular complexity index is 511. The van der Waals surface area contributed by atoms with Crippen molar-refractivity contribution in [3.63, 3.8) is 0 Å². The largest absolute Gasteiger partial charge is 0.350 e. The molecule has 1 aromatic rings. The van der Waals surface area contributed by atoms with Crippen molar-refractivity contribution in [1.29, 1.82) is 0 Å². The number of pyridine rings is 1. The van der Waals surface area contributed by atoms with E-state index in [4.69, 9.17) is 0 Å². The quantitative estimate of drug-likeness (QED) is 0.664. The van der Waals surface area contributed by atoms with E-state index in [1.54, 1.807) is 6.20 Å². The molecule has 0 amide bonds. The predicted molar refractivity (Wildman–Crippen MR) is 75.3 cm³/mol. The number of nitro groups is 1. The maximum atomic E-state index is 11.2. The highest BCUT2D eigenvalue weighted by atomic mass is 79.9. The summed E-state index contributed by atoms with van der Waals surface area (Å²) in [5, 5.41) is 14.6. The zero-order valence-corrected chi connectivity index (χ0v) is 12.0. The summed E-state index contributed by atoms with van der Waals surface area (Å²) in [6, 6.07) is 2.10. The van der Waals surface area contributed by atoms with Crippen molar-refractivity contribution in [2.24, 2.45) is 5.92 Å². The summed E-state index contributed by atoms with van der Waals surface area (Å²) in [7, 11) is 0. The Morgan fingerprint density at radius 1 is 1.53 bits per heavy atom. The number of piperidine rings is 1. The fourth-order valence-corrected chi connectivity index (χ4v) is 3.36. The Balaban J connectivity index is 1.87. The third-order valence-corrected chi connectivity index (χ3v) is 4.40. The van der Waals surface area contributed by atoms with Crippen LogP contribution in [-0.2, 0) is 0 Å². The molecule has 6 nitrogen and oxygen atoms in total. The lowest BCUT2D eigenvalue weighted by Crippen LogP contribution is -2.44. The summed E-state index contributed by atoms with van der Waals surface area (Å²) in [6.45, 7) is 2.73. The highest BCUT2D eigenvalue weighted by Crippen LogP contribution is 2.33. The molecule has 3 rings (SSSR count). The van der Waals surface area contributed by atoms with Crippen molar-refractivity contribution in [3.8, 4) is 0 Å². The highest BCUT2D eigenvalue weighted by Gasteiger charge is 2.35. The third kappa shape index (κ3) is 2.44. The lowest BCUT2D eigenvalue weighted by Gasteiger charge is -2.35. The third-order valence-electron chi connectivity index (χ3n) is 3.97. The molecule has 1 N–H and O–H groups in total. The molecule has 0 bridgehead atoms. The van der Waals surface area contributed by atoms with E-state index >= 15 is 0 Å². The van der Waals surface area contributed by atoms with Gasteiger partial charge < -0.3 is 10.2 Å². The van der Waals surface area contributed by atoms with E-state index in [-0.39, 0.29) is 10.6 Å². The average molecular weight is 327 g/mol. The van der Waals surface area contributed by atoms with Gasteiger partial charge in [-0.15, -0.1) is 0 Å². The molecule has 0 saturated carbocycles. The number of hydrogen-bond donors (Lipinski definition) is 1. The minimum Gasteiger partial charge on any atom is -0.350 e. The van der Waals surface area contributed by atoms with Crippen molar-refractivity contribution in [1.82, 2.24) is 10.3 Å². The second-order valence-electron chi connectivity index (χ2n) is 5.10. The molecule has 2 fully saturated rings. The van der Waals surface area contributed by atoms with E-state index in [9.17, 15) is 10.1 Å². The van der Waals surface area contributed by atoms with Gasteiger partial charge in [0.05, 0.1) is 4.92 Å². The maximum Gasteiger partial charge on any atom is 0.312 e. The first-order chi connectivity index (χ1) is 9.15. The van der Waals surface area contributed by atoms with Crippen LogP contribution in [0.4, 0.5) is 11.5 Å². The monoisotopic (exact) mass is 326 g/mol. The van der Waals surface area contributed by atoms with E-state index in [0.717, 1.165) is 32.5 Å². The summed E-state index contributed by atoms with van der Waals surface area (Å²) in [6.07, 6.45) is 3.80. The van der Waals surface area contributed by atoms with E-state index in [0.29, 0.717) is 22.3 Å². The molecule has 0 radical (unpaired) electrons. The van der Waals surface area contributed by atoms with Crippen LogP contribution in [0.2, 0.25) is 0 Å². The summed E-state index contributed by atoms with van der Waals surface area (Å²) in [5.74, 6) is 1.08. The van der Waals surface area contributed by atoms with Crippen LogP contribution in [-0.4, -0.2) is 35.6 Å². The van der Waals surface area contributed by atoms with Gasteiger partial charge in [0, 0.05) is 35.9 Å². The van der Waals surface area contributed by atoms with Crippen LogP contribution in [0.3, 0.4) is 0 Å². The van der Waals surface area contributed by atoms with Crippen LogP contribution in [0.1, 0.15) is 12.8 Å². The first-order valence-corrected chi connectivity index (χ1v) is 7.22. The maximum absolute atomic E-state index is 11.2. The summed E-state index contributed by atoms with van der Waals surface area (Å²) < 4.78 is 0.639. The number of nitrogens with one attached hydrogen (secondary N) is 1. The fourth-order valence-electron chi connectivity index (χ4n) is 3.04. The van der Waals surface area contributed by atoms with Crippen molar-refractivity contribution < 1.29 is 4.92 Å². The van der Waals surface area contributed by atoms with Gasteiger partial charge in [-0.3, -0.25) is 10.1 Å². The minimum atomic E-state index is -0.355. The van der Waals surface area contributed by atoms with Gasteiger partial charge in [0.25, 0.3) is 0 Å². The van der Waals surface area contributed by atoms with Crippen LogP contribution < -0.4 is 10.2 Å². The van der Waals surface area contributed by atoms with Crippen LogP contribution >= 0.6 is 15.9 Å². The standard InChI is InChI=1S/C12H15BrN4O2/c13-9-5-11(17(18)19)12(15-6-9)16-4-2-10-8(7-16)1-3-14-10/h5-6,8,10,14H,1-4,7H2. The van der Waals surface area contributed by atoms with Gasteiger partial charge in [-0.2, -0.15) is 0 Å². The topological polar surface area (TPSA) is 71.3 Å². The van der Waals surface area contributed by atoms with Gasteiger partial charge in [0.1, 0.15) is 0 Å². The highest BCUT2D eigenvalue weighted by molar-refractivity contribution is 9.10. The number of aromatic nitrogens is 1. The molecular formula is C12H15BrN4O2. The average Bonchev–Trinajstić information content (AvgIpc) is 2.85. The lowest BCUT2D eigenvalue weighted by molar-refractivity contribution is -0.384. The molecule has 2 aliphatic heterocycles. The Hall–Kier alpha value is -1.21. The Morgan fingerprint density at radius 3 is 3.16 bits per heavy atom. The number of rotatable bonds is 2. The van der Waals surface area contributed by atoms with Crippen LogP contribution in [0.5, 0.6) is 0 Å². The number of halogens is 1. The molecule has 2 atom stereocenters. The summed E-state index contributed by atoms with van der Waals surface area (Å²) >= 11 is 3.24. The number of fused-ring (bicyclic) bond motifs is 1. The summed E-state index contributed by atoms with van der Waals surface area (Å²) in [4.78, 5) is 17.1.